The molecule has 2 aliphatic carbocycles. The molecule has 6 rings (SSSR count). The number of fused-ring (bicyclic) bond motifs is 3. The van der Waals surface area contributed by atoms with Crippen LogP contribution < -0.4 is 0 Å². The zero-order valence-corrected chi connectivity index (χ0v) is 37.4. The van der Waals surface area contributed by atoms with Crippen molar-refractivity contribution in [1.29, 1.82) is 0 Å². The van der Waals surface area contributed by atoms with Crippen LogP contribution in [0, 0.1) is 0 Å². The average molecular weight is 870 g/mol. The fourth-order valence-corrected chi connectivity index (χ4v) is 35.9. The molecule has 4 aromatic carbocycles. The van der Waals surface area contributed by atoms with Crippen molar-refractivity contribution in [3.05, 3.63) is 154 Å². The van der Waals surface area contributed by atoms with Crippen molar-refractivity contribution in [3.8, 4) is 11.1 Å². The van der Waals surface area contributed by atoms with E-state index >= 15 is 0 Å². The number of halogens is 2. The molecule has 0 unspecified atom stereocenters. The molecule has 0 N–H and O–H groups in total. The van der Waals surface area contributed by atoms with E-state index < -0.39 is 15.7 Å². The summed E-state index contributed by atoms with van der Waals surface area (Å²) in [5.74, 6) is 0. The minimum atomic E-state index is -5.61. The number of benzene rings is 4. The van der Waals surface area contributed by atoms with Gasteiger partial charge in [0.2, 0.25) is 0 Å². The molecule has 0 aromatic heterocycles. The summed E-state index contributed by atoms with van der Waals surface area (Å²) in [6.07, 6.45) is 8.87. The van der Waals surface area contributed by atoms with E-state index in [0.29, 0.717) is 0 Å². The summed E-state index contributed by atoms with van der Waals surface area (Å²) in [4.78, 5) is 0. The number of hydrogen-bond donors (Lipinski definition) is 0. The second-order valence-corrected chi connectivity index (χ2v) is 48.5. The van der Waals surface area contributed by atoms with Crippen LogP contribution in [0.15, 0.2) is 109 Å². The topological polar surface area (TPSA) is 0 Å². The summed E-state index contributed by atoms with van der Waals surface area (Å²) in [6.45, 7) is 27.4. The van der Waals surface area contributed by atoms with E-state index in [0.717, 1.165) is 14.4 Å². The molecule has 3 heteroatoms. The predicted molar refractivity (Wildman–Crippen MR) is 218 cm³/mol. The fourth-order valence-electron chi connectivity index (χ4n) is 8.03. The van der Waals surface area contributed by atoms with Crippen LogP contribution in [0.5, 0.6) is 0 Å². The molecule has 50 heavy (non-hydrogen) atoms. The van der Waals surface area contributed by atoms with Crippen molar-refractivity contribution in [2.24, 2.45) is 0 Å². The molecule has 0 fully saturated rings. The molecule has 0 nitrogen and oxygen atoms in total. The Balaban J connectivity index is 1.79. The van der Waals surface area contributed by atoms with Crippen LogP contribution in [-0.2, 0) is 37.3 Å². The summed E-state index contributed by atoms with van der Waals surface area (Å²) in [5, 5.41) is 0. The molecule has 0 aliphatic heterocycles. The quantitative estimate of drug-likeness (QED) is 0.179. The standard InChI is InChI=1S/C21H25.C21H26.C5H5.2ClH.Hf/c1-20(2,3)16-9-7-14-11-15-8-10-17(21(4,5)6)13-19(15)18(14)12-16;1-20(2,3)18-11-7-16(8-12-18)15-17-9-13-19(14-10-17)21(4,5)6;1-2-4-5-3-1;;;/h7-13H,1-6H3;7-14H,1-6H3;1-5H;2*1H;/q;;;;;+2/p-2. The Morgan fingerprint density at radius 3 is 1.10 bits per heavy atom. The Kier molecular flexibility index (Phi) is 9.27. The van der Waals surface area contributed by atoms with Crippen LogP contribution in [0.4, 0.5) is 0 Å². The first kappa shape index (κ1) is 37.4. The molecular formula is C47H56Cl2Hf. The van der Waals surface area contributed by atoms with Gasteiger partial charge < -0.3 is 0 Å². The van der Waals surface area contributed by atoms with Gasteiger partial charge in [-0.2, -0.15) is 0 Å². The molecule has 0 radical (unpaired) electrons. The summed E-state index contributed by atoms with van der Waals surface area (Å²) < 4.78 is 0.930. The second-order valence-electron chi connectivity index (χ2n) is 19.0. The van der Waals surface area contributed by atoms with Crippen LogP contribution in [0.3, 0.4) is 0 Å². The number of hydrogen-bond acceptors (Lipinski definition) is 0. The van der Waals surface area contributed by atoms with E-state index in [1.54, 1.807) is 0 Å². The van der Waals surface area contributed by atoms with Crippen LogP contribution in [0.2, 0.25) is 3.67 Å². The van der Waals surface area contributed by atoms with Crippen molar-refractivity contribution in [3.63, 3.8) is 0 Å². The van der Waals surface area contributed by atoms with Gasteiger partial charge >= 0.3 is 313 Å². The van der Waals surface area contributed by atoms with E-state index in [9.17, 15) is 0 Å². The Bertz CT molecular complexity index is 1940. The van der Waals surface area contributed by atoms with Gasteiger partial charge in [0.05, 0.1) is 0 Å². The predicted octanol–water partition coefficient (Wildman–Crippen LogP) is 14.1. The van der Waals surface area contributed by atoms with E-state index in [-0.39, 0.29) is 29.0 Å². The van der Waals surface area contributed by atoms with Gasteiger partial charge in [0.25, 0.3) is 0 Å². The molecule has 0 amide bonds. The van der Waals surface area contributed by atoms with Gasteiger partial charge in [0.15, 0.2) is 0 Å². The van der Waals surface area contributed by atoms with Gasteiger partial charge in [-0.15, -0.1) is 0 Å². The minimum absolute atomic E-state index is 0.00743. The molecule has 262 valence electrons. The van der Waals surface area contributed by atoms with Crippen LogP contribution in [-0.4, -0.2) is 3.26 Å². The first-order valence-corrected chi connectivity index (χ1v) is 33.2. The van der Waals surface area contributed by atoms with Gasteiger partial charge in [-0.05, 0) is 0 Å². The Morgan fingerprint density at radius 2 is 0.780 bits per heavy atom. The Hall–Kier alpha value is -2.32. The van der Waals surface area contributed by atoms with E-state index in [1.807, 2.05) is 0 Å². The summed E-state index contributed by atoms with van der Waals surface area (Å²) in [6, 6.07) is 32.5. The Labute approximate surface area is 310 Å². The maximum absolute atomic E-state index is 8.86. The zero-order chi connectivity index (χ0) is 36.7. The zero-order valence-electron chi connectivity index (χ0n) is 32.3. The summed E-state index contributed by atoms with van der Waals surface area (Å²) in [7, 11) is 17.7. The molecular weight excluding hydrogens is 814 g/mol. The van der Waals surface area contributed by atoms with Crippen LogP contribution in [0.1, 0.15) is 131 Å². The average Bonchev–Trinajstić information content (AvgIpc) is 3.68. The number of rotatable bonds is 4. The van der Waals surface area contributed by atoms with Crippen LogP contribution in [0.25, 0.3) is 11.1 Å². The maximum atomic E-state index is 8.86. The molecule has 0 spiro atoms. The van der Waals surface area contributed by atoms with E-state index in [2.05, 4.69) is 192 Å². The van der Waals surface area contributed by atoms with E-state index in [1.165, 1.54) is 44.5 Å². The van der Waals surface area contributed by atoms with Crippen molar-refractivity contribution in [2.75, 3.05) is 0 Å². The third-order valence-electron chi connectivity index (χ3n) is 11.2. The monoisotopic (exact) mass is 870 g/mol. The molecule has 0 saturated heterocycles. The molecule has 0 bridgehead atoms. The molecule has 0 atom stereocenters. The van der Waals surface area contributed by atoms with E-state index in [4.69, 9.17) is 17.2 Å². The van der Waals surface area contributed by atoms with Crippen molar-refractivity contribution in [2.45, 2.75) is 112 Å². The number of allylic oxidation sites excluding steroid dienone is 4. The summed E-state index contributed by atoms with van der Waals surface area (Å²) >= 11 is -5.61. The second kappa shape index (κ2) is 12.4. The molecule has 0 saturated carbocycles. The Morgan fingerprint density at radius 1 is 0.460 bits per heavy atom. The third-order valence-corrected chi connectivity index (χ3v) is 39.3. The van der Waals surface area contributed by atoms with Crippen molar-refractivity contribution in [1.82, 2.24) is 0 Å². The normalized spacial score (nSPS) is 15.8. The van der Waals surface area contributed by atoms with Crippen molar-refractivity contribution >= 4 is 20.4 Å². The first-order valence-electron chi connectivity index (χ1n) is 18.3. The summed E-state index contributed by atoms with van der Waals surface area (Å²) in [5.41, 5.74) is 12.7. The first-order chi connectivity index (χ1) is 23.0. The van der Waals surface area contributed by atoms with Gasteiger partial charge in [-0.1, -0.05) is 0 Å². The van der Waals surface area contributed by atoms with Crippen molar-refractivity contribution < 1.29 is 15.7 Å². The van der Waals surface area contributed by atoms with Gasteiger partial charge in [-0.3, -0.25) is 0 Å². The van der Waals surface area contributed by atoms with Crippen LogP contribution >= 0.6 is 17.2 Å². The van der Waals surface area contributed by atoms with Gasteiger partial charge in [-0.25, -0.2) is 0 Å². The third kappa shape index (κ3) is 6.47. The molecule has 0 heterocycles. The fraction of sp³-hybridized carbons (Fsp3) is 0.383. The SMILES string of the molecule is CC(C)(C)c1ccc([C](c2ccc(C(C)(C)C)cc2)=[Hf]([Cl])([Cl])([CH]2C=CC=C2)[CH]2c3ccc(C(C)(C)C)cc3-c3cc(C(C)(C)C)ccc32)cc1. The molecule has 4 aromatic rings. The molecule has 2 aliphatic rings. The van der Waals surface area contributed by atoms with Gasteiger partial charge in [0.1, 0.15) is 0 Å². The van der Waals surface area contributed by atoms with Gasteiger partial charge in [0, 0.05) is 0 Å².